The summed E-state index contributed by atoms with van der Waals surface area (Å²) in [6, 6.07) is 7.67. The first kappa shape index (κ1) is 12.9. The van der Waals surface area contributed by atoms with Crippen LogP contribution in [-0.4, -0.2) is 6.04 Å². The second-order valence-electron chi connectivity index (χ2n) is 5.13. The summed E-state index contributed by atoms with van der Waals surface area (Å²) in [5, 5.41) is 0.741. The highest BCUT2D eigenvalue weighted by atomic mass is 35.5. The molecule has 17 heavy (non-hydrogen) atoms. The van der Waals surface area contributed by atoms with E-state index in [0.717, 1.165) is 22.9 Å². The lowest BCUT2D eigenvalue weighted by molar-refractivity contribution is 0.402. The van der Waals surface area contributed by atoms with Crippen molar-refractivity contribution in [3.05, 3.63) is 34.9 Å². The molecule has 0 amide bonds. The van der Waals surface area contributed by atoms with E-state index in [1.54, 1.807) is 0 Å². The molecule has 4 N–H and O–H groups in total. The van der Waals surface area contributed by atoms with Gasteiger partial charge in [0.1, 0.15) is 0 Å². The Morgan fingerprint density at radius 1 is 1.12 bits per heavy atom. The third kappa shape index (κ3) is 3.44. The fourth-order valence-electron chi connectivity index (χ4n) is 2.71. The first-order valence-corrected chi connectivity index (χ1v) is 6.81. The molecule has 1 aliphatic carbocycles. The summed E-state index contributed by atoms with van der Waals surface area (Å²) in [7, 11) is 0. The number of nitrogens with two attached hydrogens (primary N) is 2. The Balaban J connectivity index is 1.93. The molecule has 1 saturated carbocycles. The summed E-state index contributed by atoms with van der Waals surface area (Å²) in [6.07, 6.45) is 6.40. The lowest BCUT2D eigenvalue weighted by Crippen LogP contribution is -2.35. The minimum Gasteiger partial charge on any atom is -0.326 e. The molecule has 1 aromatic rings. The van der Waals surface area contributed by atoms with E-state index in [4.69, 9.17) is 23.1 Å². The van der Waals surface area contributed by atoms with Crippen molar-refractivity contribution in [3.63, 3.8) is 0 Å². The van der Waals surface area contributed by atoms with Gasteiger partial charge < -0.3 is 11.5 Å². The highest BCUT2D eigenvalue weighted by Gasteiger charge is 2.22. The average Bonchev–Trinajstić information content (AvgIpc) is 2.82. The van der Waals surface area contributed by atoms with Gasteiger partial charge in [-0.3, -0.25) is 0 Å². The van der Waals surface area contributed by atoms with E-state index in [-0.39, 0.29) is 12.1 Å². The second-order valence-corrected chi connectivity index (χ2v) is 5.56. The summed E-state index contributed by atoms with van der Waals surface area (Å²) in [5.74, 6) is 0.781. The molecule has 0 heterocycles. The third-order valence-electron chi connectivity index (χ3n) is 3.80. The Kier molecular flexibility index (Phi) is 4.43. The lowest BCUT2D eigenvalue weighted by atomic mass is 9.91. The Morgan fingerprint density at radius 2 is 1.71 bits per heavy atom. The van der Waals surface area contributed by atoms with E-state index < -0.39 is 0 Å². The molecule has 0 spiro atoms. The number of hydrogen-bond acceptors (Lipinski definition) is 2. The number of benzene rings is 1. The van der Waals surface area contributed by atoms with Gasteiger partial charge in [0.15, 0.2) is 0 Å². The lowest BCUT2D eigenvalue weighted by Gasteiger charge is -2.23. The van der Waals surface area contributed by atoms with Gasteiger partial charge in [-0.2, -0.15) is 0 Å². The number of rotatable bonds is 4. The van der Waals surface area contributed by atoms with Crippen molar-refractivity contribution in [2.75, 3.05) is 0 Å². The Hall–Kier alpha value is -0.570. The van der Waals surface area contributed by atoms with Crippen molar-refractivity contribution in [1.29, 1.82) is 0 Å². The van der Waals surface area contributed by atoms with Crippen molar-refractivity contribution >= 4 is 11.6 Å². The molecule has 2 atom stereocenters. The molecule has 3 heteroatoms. The van der Waals surface area contributed by atoms with E-state index in [0.29, 0.717) is 0 Å². The van der Waals surface area contributed by atoms with Gasteiger partial charge in [0, 0.05) is 17.1 Å². The largest absolute Gasteiger partial charge is 0.326 e. The molecule has 1 aliphatic rings. The van der Waals surface area contributed by atoms with Crippen LogP contribution in [0.2, 0.25) is 5.02 Å². The van der Waals surface area contributed by atoms with Gasteiger partial charge in [0.2, 0.25) is 0 Å². The maximum Gasteiger partial charge on any atom is 0.0448 e. The van der Waals surface area contributed by atoms with Crippen LogP contribution in [-0.2, 0) is 0 Å². The maximum absolute atomic E-state index is 6.21. The molecule has 0 saturated heterocycles. The quantitative estimate of drug-likeness (QED) is 0.864. The maximum atomic E-state index is 6.21. The van der Waals surface area contributed by atoms with Crippen LogP contribution in [0.3, 0.4) is 0 Å². The molecule has 0 aromatic heterocycles. The van der Waals surface area contributed by atoms with Gasteiger partial charge in [-0.15, -0.1) is 0 Å². The molecule has 2 rings (SSSR count). The van der Waals surface area contributed by atoms with Crippen molar-refractivity contribution in [1.82, 2.24) is 0 Å². The van der Waals surface area contributed by atoms with E-state index in [1.807, 2.05) is 24.3 Å². The van der Waals surface area contributed by atoms with Crippen LogP contribution in [0.5, 0.6) is 0 Å². The van der Waals surface area contributed by atoms with E-state index in [9.17, 15) is 0 Å². The molecule has 2 nitrogen and oxygen atoms in total. The van der Waals surface area contributed by atoms with Crippen molar-refractivity contribution in [2.24, 2.45) is 17.4 Å². The van der Waals surface area contributed by atoms with Crippen molar-refractivity contribution in [3.8, 4) is 0 Å². The summed E-state index contributed by atoms with van der Waals surface area (Å²) >= 11 is 5.86. The van der Waals surface area contributed by atoms with Crippen LogP contribution >= 0.6 is 11.6 Å². The minimum absolute atomic E-state index is 0.0549. The molecular weight excluding hydrogens is 232 g/mol. The normalized spacial score (nSPS) is 20.4. The minimum atomic E-state index is -0.0760. The Labute approximate surface area is 108 Å². The fourth-order valence-corrected chi connectivity index (χ4v) is 2.84. The zero-order chi connectivity index (χ0) is 12.3. The second kappa shape index (κ2) is 5.85. The standard InChI is InChI=1S/C14H21ClN2/c15-12-7-5-11(6-8-12)14(17)13(16)9-10-3-1-2-4-10/h5-8,10,13-14H,1-4,9,16-17H2. The van der Waals surface area contributed by atoms with E-state index >= 15 is 0 Å². The third-order valence-corrected chi connectivity index (χ3v) is 4.05. The smallest absolute Gasteiger partial charge is 0.0448 e. The molecule has 0 bridgehead atoms. The highest BCUT2D eigenvalue weighted by molar-refractivity contribution is 6.30. The van der Waals surface area contributed by atoms with E-state index in [1.165, 1.54) is 25.7 Å². The average molecular weight is 253 g/mol. The number of hydrogen-bond donors (Lipinski definition) is 2. The Morgan fingerprint density at radius 3 is 2.29 bits per heavy atom. The highest BCUT2D eigenvalue weighted by Crippen LogP contribution is 2.30. The van der Waals surface area contributed by atoms with Crippen LogP contribution in [0.1, 0.15) is 43.7 Å². The van der Waals surface area contributed by atoms with Crippen molar-refractivity contribution in [2.45, 2.75) is 44.2 Å². The van der Waals surface area contributed by atoms with Crippen LogP contribution in [0.25, 0.3) is 0 Å². The molecule has 0 aliphatic heterocycles. The van der Waals surface area contributed by atoms with Crippen LogP contribution in [0.4, 0.5) is 0 Å². The van der Waals surface area contributed by atoms with Gasteiger partial charge in [-0.1, -0.05) is 49.4 Å². The summed E-state index contributed by atoms with van der Waals surface area (Å²) in [5.41, 5.74) is 13.5. The zero-order valence-corrected chi connectivity index (χ0v) is 10.9. The monoisotopic (exact) mass is 252 g/mol. The van der Waals surface area contributed by atoms with Crippen LogP contribution in [0.15, 0.2) is 24.3 Å². The van der Waals surface area contributed by atoms with Crippen LogP contribution < -0.4 is 11.5 Å². The molecular formula is C14H21ClN2. The SMILES string of the molecule is NC(CC1CCCC1)C(N)c1ccc(Cl)cc1. The Bertz CT molecular complexity index is 344. The molecule has 1 fully saturated rings. The van der Waals surface area contributed by atoms with Gasteiger partial charge >= 0.3 is 0 Å². The molecule has 94 valence electrons. The summed E-state index contributed by atoms with van der Waals surface area (Å²) < 4.78 is 0. The molecule has 1 aromatic carbocycles. The zero-order valence-electron chi connectivity index (χ0n) is 10.1. The van der Waals surface area contributed by atoms with Gasteiger partial charge in [-0.05, 0) is 30.0 Å². The van der Waals surface area contributed by atoms with Gasteiger partial charge in [-0.25, -0.2) is 0 Å². The van der Waals surface area contributed by atoms with E-state index in [2.05, 4.69) is 0 Å². The predicted octanol–water partition coefficient (Wildman–Crippen LogP) is 3.25. The van der Waals surface area contributed by atoms with Gasteiger partial charge in [0.05, 0.1) is 0 Å². The number of halogens is 1. The van der Waals surface area contributed by atoms with Crippen molar-refractivity contribution < 1.29 is 0 Å². The van der Waals surface area contributed by atoms with Gasteiger partial charge in [0.25, 0.3) is 0 Å². The topological polar surface area (TPSA) is 52.0 Å². The fraction of sp³-hybridized carbons (Fsp3) is 0.571. The van der Waals surface area contributed by atoms with Crippen LogP contribution in [0, 0.1) is 5.92 Å². The summed E-state index contributed by atoms with van der Waals surface area (Å²) in [4.78, 5) is 0. The molecule has 0 radical (unpaired) electrons. The molecule has 2 unspecified atom stereocenters. The summed E-state index contributed by atoms with van der Waals surface area (Å²) in [6.45, 7) is 0. The predicted molar refractivity (Wildman–Crippen MR) is 72.9 cm³/mol. The first-order chi connectivity index (χ1) is 8.16. The first-order valence-electron chi connectivity index (χ1n) is 6.43.